The molecule has 0 radical (unpaired) electrons. The van der Waals surface area contributed by atoms with Gasteiger partial charge in [0.25, 0.3) is 5.56 Å². The summed E-state index contributed by atoms with van der Waals surface area (Å²) in [5.74, 6) is 0.506. The van der Waals surface area contributed by atoms with E-state index in [2.05, 4.69) is 10.3 Å². The Kier molecular flexibility index (Phi) is 5.83. The Bertz CT molecular complexity index is 1180. The van der Waals surface area contributed by atoms with Crippen LogP contribution in [0, 0.1) is 0 Å². The van der Waals surface area contributed by atoms with Crippen molar-refractivity contribution in [2.24, 2.45) is 14.1 Å². The Hall–Kier alpha value is -3.01. The number of thioether (sulfide) groups is 1. The molecule has 0 fully saturated rings. The summed E-state index contributed by atoms with van der Waals surface area (Å²) in [5.41, 5.74) is 0.473. The molecule has 2 aromatic heterocycles. The van der Waals surface area contributed by atoms with E-state index in [-0.39, 0.29) is 5.91 Å². The number of rotatable bonds is 6. The first-order chi connectivity index (χ1) is 13.8. The summed E-state index contributed by atoms with van der Waals surface area (Å²) in [6.07, 6.45) is 0. The minimum absolute atomic E-state index is 0.198. The predicted molar refractivity (Wildman–Crippen MR) is 113 cm³/mol. The van der Waals surface area contributed by atoms with Gasteiger partial charge in [0.05, 0.1) is 12.4 Å². The highest BCUT2D eigenvalue weighted by Gasteiger charge is 2.22. The average Bonchev–Trinajstić information content (AvgIpc) is 3.09. The first kappa shape index (κ1) is 20.7. The van der Waals surface area contributed by atoms with E-state index < -0.39 is 16.5 Å². The zero-order valence-electron chi connectivity index (χ0n) is 16.9. The molecular weight excluding hydrogens is 394 g/mol. The molecule has 0 saturated heterocycles. The van der Waals surface area contributed by atoms with E-state index in [0.717, 1.165) is 4.57 Å². The lowest BCUT2D eigenvalue weighted by molar-refractivity contribution is -0.115. The molecule has 0 aliphatic carbocycles. The summed E-state index contributed by atoms with van der Waals surface area (Å²) in [6.45, 7) is 4.14. The van der Waals surface area contributed by atoms with Crippen molar-refractivity contribution in [3.63, 3.8) is 0 Å². The number of carbonyl (C=O) groups is 1. The van der Waals surface area contributed by atoms with Crippen molar-refractivity contribution in [3.05, 3.63) is 45.1 Å². The Labute approximate surface area is 171 Å². The highest BCUT2D eigenvalue weighted by atomic mass is 32.2. The number of aromatic nitrogens is 4. The van der Waals surface area contributed by atoms with E-state index in [0.29, 0.717) is 34.3 Å². The van der Waals surface area contributed by atoms with Crippen LogP contribution in [-0.2, 0) is 25.4 Å². The standard InChI is InChI=1S/C19H23N5O4S/c1-6-24-14-15(22(3)19(27)23(4)17(14)26)21-18(24)29-11(2)16(25)20-12-7-9-13(28-5)10-8-12/h7-11H,6H2,1-5H3,(H,20,25). The molecule has 1 atom stereocenters. The SMILES string of the molecule is CCn1c(SC(C)C(=O)Nc2ccc(OC)cc2)nc2c1c(=O)n(C)c(=O)n2C. The number of methoxy groups -OCH3 is 1. The van der Waals surface area contributed by atoms with Gasteiger partial charge in [-0.05, 0) is 38.1 Å². The molecule has 0 aliphatic heterocycles. The number of benzene rings is 1. The largest absolute Gasteiger partial charge is 0.497 e. The van der Waals surface area contributed by atoms with Gasteiger partial charge in [-0.3, -0.25) is 18.7 Å². The second-order valence-electron chi connectivity index (χ2n) is 6.49. The van der Waals surface area contributed by atoms with Crippen LogP contribution in [0.25, 0.3) is 11.2 Å². The van der Waals surface area contributed by atoms with Gasteiger partial charge in [-0.15, -0.1) is 0 Å². The molecule has 0 spiro atoms. The van der Waals surface area contributed by atoms with Crippen LogP contribution in [0.5, 0.6) is 5.75 Å². The van der Waals surface area contributed by atoms with E-state index in [1.54, 1.807) is 49.9 Å². The fraction of sp³-hybridized carbons (Fsp3) is 0.368. The summed E-state index contributed by atoms with van der Waals surface area (Å²) < 4.78 is 9.25. The zero-order valence-corrected chi connectivity index (χ0v) is 17.7. The van der Waals surface area contributed by atoms with Gasteiger partial charge in [-0.25, -0.2) is 9.78 Å². The van der Waals surface area contributed by atoms with Gasteiger partial charge >= 0.3 is 5.69 Å². The van der Waals surface area contributed by atoms with Crippen LogP contribution < -0.4 is 21.3 Å². The van der Waals surface area contributed by atoms with Gasteiger partial charge in [-0.1, -0.05) is 11.8 Å². The van der Waals surface area contributed by atoms with Crippen molar-refractivity contribution in [3.8, 4) is 5.75 Å². The smallest absolute Gasteiger partial charge is 0.332 e. The maximum Gasteiger partial charge on any atom is 0.332 e. The van der Waals surface area contributed by atoms with Gasteiger partial charge in [0.2, 0.25) is 5.91 Å². The van der Waals surface area contributed by atoms with E-state index in [9.17, 15) is 14.4 Å². The molecule has 9 nitrogen and oxygen atoms in total. The summed E-state index contributed by atoms with van der Waals surface area (Å²) >= 11 is 1.24. The zero-order chi connectivity index (χ0) is 21.3. The number of hydrogen-bond donors (Lipinski definition) is 1. The number of nitrogens with one attached hydrogen (secondary N) is 1. The van der Waals surface area contributed by atoms with E-state index in [1.807, 2.05) is 6.92 Å². The number of amides is 1. The maximum atomic E-state index is 12.6. The number of fused-ring (bicyclic) bond motifs is 1. The third kappa shape index (κ3) is 3.80. The molecule has 1 amide bonds. The first-order valence-electron chi connectivity index (χ1n) is 9.06. The van der Waals surface area contributed by atoms with Crippen LogP contribution >= 0.6 is 11.8 Å². The molecule has 1 unspecified atom stereocenters. The van der Waals surface area contributed by atoms with Crippen LogP contribution in [-0.4, -0.2) is 37.0 Å². The number of aryl methyl sites for hydroxylation is 2. The van der Waals surface area contributed by atoms with Crippen molar-refractivity contribution in [1.29, 1.82) is 0 Å². The molecule has 3 rings (SSSR count). The van der Waals surface area contributed by atoms with Crippen molar-refractivity contribution in [2.45, 2.75) is 30.8 Å². The second-order valence-corrected chi connectivity index (χ2v) is 7.80. The molecule has 1 N–H and O–H groups in total. The maximum absolute atomic E-state index is 12.6. The normalized spacial score (nSPS) is 12.2. The molecule has 154 valence electrons. The van der Waals surface area contributed by atoms with Crippen molar-refractivity contribution >= 4 is 34.5 Å². The summed E-state index contributed by atoms with van der Waals surface area (Å²) in [7, 11) is 4.59. The van der Waals surface area contributed by atoms with Crippen LogP contribution in [0.3, 0.4) is 0 Å². The Morgan fingerprint density at radius 1 is 1.21 bits per heavy atom. The molecule has 10 heteroatoms. The van der Waals surface area contributed by atoms with Gasteiger partial charge in [0.1, 0.15) is 5.75 Å². The highest BCUT2D eigenvalue weighted by molar-refractivity contribution is 8.00. The van der Waals surface area contributed by atoms with Gasteiger partial charge in [0.15, 0.2) is 16.3 Å². The summed E-state index contributed by atoms with van der Waals surface area (Å²) in [5, 5.41) is 2.89. The second kappa shape index (κ2) is 8.16. The summed E-state index contributed by atoms with van der Waals surface area (Å²) in [6, 6.07) is 7.05. The molecule has 3 aromatic rings. The number of carbonyl (C=O) groups excluding carboxylic acids is 1. The summed E-state index contributed by atoms with van der Waals surface area (Å²) in [4.78, 5) is 41.9. The predicted octanol–water partition coefficient (Wildman–Crippen LogP) is 1.58. The van der Waals surface area contributed by atoms with Crippen molar-refractivity contribution in [2.75, 3.05) is 12.4 Å². The van der Waals surface area contributed by atoms with Crippen molar-refractivity contribution in [1.82, 2.24) is 18.7 Å². The number of imidazole rings is 1. The van der Waals surface area contributed by atoms with Crippen LogP contribution in [0.15, 0.2) is 39.0 Å². The Balaban J connectivity index is 1.89. The van der Waals surface area contributed by atoms with Crippen molar-refractivity contribution < 1.29 is 9.53 Å². The number of nitrogens with zero attached hydrogens (tertiary/aromatic N) is 4. The van der Waals surface area contributed by atoms with Crippen LogP contribution in [0.2, 0.25) is 0 Å². The molecule has 0 aliphatic rings. The number of anilines is 1. The van der Waals surface area contributed by atoms with Crippen LogP contribution in [0.1, 0.15) is 13.8 Å². The van der Waals surface area contributed by atoms with E-state index in [4.69, 9.17) is 4.74 Å². The molecule has 0 bridgehead atoms. The lowest BCUT2D eigenvalue weighted by atomic mass is 10.3. The molecule has 2 heterocycles. The average molecular weight is 417 g/mol. The highest BCUT2D eigenvalue weighted by Crippen LogP contribution is 2.26. The topological polar surface area (TPSA) is 100 Å². The fourth-order valence-corrected chi connectivity index (χ4v) is 3.91. The third-order valence-electron chi connectivity index (χ3n) is 4.64. The first-order valence-corrected chi connectivity index (χ1v) is 9.94. The van der Waals surface area contributed by atoms with Gasteiger partial charge in [-0.2, -0.15) is 0 Å². The lowest BCUT2D eigenvalue weighted by Crippen LogP contribution is -2.37. The monoisotopic (exact) mass is 417 g/mol. The minimum Gasteiger partial charge on any atom is -0.497 e. The van der Waals surface area contributed by atoms with E-state index >= 15 is 0 Å². The fourth-order valence-electron chi connectivity index (χ4n) is 2.94. The van der Waals surface area contributed by atoms with E-state index in [1.165, 1.54) is 23.4 Å². The Morgan fingerprint density at radius 3 is 2.45 bits per heavy atom. The third-order valence-corrected chi connectivity index (χ3v) is 5.73. The molecule has 1 aromatic carbocycles. The van der Waals surface area contributed by atoms with Gasteiger partial charge in [0, 0.05) is 26.3 Å². The van der Waals surface area contributed by atoms with Gasteiger partial charge < -0.3 is 14.6 Å². The lowest BCUT2D eigenvalue weighted by Gasteiger charge is -2.13. The number of ether oxygens (including phenoxy) is 1. The molecule has 0 saturated carbocycles. The molecule has 29 heavy (non-hydrogen) atoms. The number of hydrogen-bond acceptors (Lipinski definition) is 6. The molecular formula is C19H23N5O4S. The minimum atomic E-state index is -0.472. The Morgan fingerprint density at radius 2 is 1.86 bits per heavy atom. The van der Waals surface area contributed by atoms with Crippen LogP contribution in [0.4, 0.5) is 5.69 Å². The quantitative estimate of drug-likeness (QED) is 0.612.